The van der Waals surface area contributed by atoms with E-state index >= 15 is 0 Å². The number of aromatic nitrogens is 1. The molecule has 1 aromatic heterocycles. The molecule has 0 bridgehead atoms. The fourth-order valence-electron chi connectivity index (χ4n) is 1.82. The van der Waals surface area contributed by atoms with Crippen LogP contribution in [0.15, 0.2) is 30.5 Å². The summed E-state index contributed by atoms with van der Waals surface area (Å²) < 4.78 is 0. The summed E-state index contributed by atoms with van der Waals surface area (Å²) in [6, 6.07) is 8.52. The highest BCUT2D eigenvalue weighted by atomic mass is 35.5. The van der Waals surface area contributed by atoms with Crippen LogP contribution in [0.2, 0.25) is 5.15 Å². The Bertz CT molecular complexity index is 489. The number of benzene rings is 1. The molecule has 0 amide bonds. The second kappa shape index (κ2) is 2.96. The zero-order chi connectivity index (χ0) is 9.54. The standard InChI is InChI=1S/C12H10ClN/c13-12-11-7-10(8-1-2-8)4-3-9(11)5-6-14-12/h3-8H,1-2H2. The van der Waals surface area contributed by atoms with Crippen LogP contribution in [0.5, 0.6) is 0 Å². The maximum absolute atomic E-state index is 6.04. The molecule has 1 aliphatic rings. The molecule has 1 saturated carbocycles. The molecule has 2 heteroatoms. The Morgan fingerprint density at radius 2 is 2.07 bits per heavy atom. The lowest BCUT2D eigenvalue weighted by Gasteiger charge is -2.02. The Morgan fingerprint density at radius 3 is 2.86 bits per heavy atom. The molecular weight excluding hydrogens is 194 g/mol. The number of fused-ring (bicyclic) bond motifs is 1. The Balaban J connectivity index is 2.25. The predicted octanol–water partition coefficient (Wildman–Crippen LogP) is 3.77. The number of pyridine rings is 1. The van der Waals surface area contributed by atoms with Gasteiger partial charge < -0.3 is 0 Å². The minimum absolute atomic E-state index is 0.616. The topological polar surface area (TPSA) is 12.9 Å². The molecule has 1 heterocycles. The number of hydrogen-bond donors (Lipinski definition) is 0. The molecule has 14 heavy (non-hydrogen) atoms. The van der Waals surface area contributed by atoms with E-state index in [0.717, 1.165) is 11.3 Å². The largest absolute Gasteiger partial charge is 0.244 e. The van der Waals surface area contributed by atoms with E-state index in [-0.39, 0.29) is 0 Å². The van der Waals surface area contributed by atoms with Crippen molar-refractivity contribution < 1.29 is 0 Å². The van der Waals surface area contributed by atoms with Crippen LogP contribution in [-0.2, 0) is 0 Å². The normalized spacial score (nSPS) is 16.1. The maximum atomic E-state index is 6.04. The molecule has 1 aliphatic carbocycles. The van der Waals surface area contributed by atoms with Crippen LogP contribution in [0.3, 0.4) is 0 Å². The van der Waals surface area contributed by atoms with Crippen LogP contribution in [0.25, 0.3) is 10.8 Å². The van der Waals surface area contributed by atoms with Gasteiger partial charge in [-0.3, -0.25) is 0 Å². The van der Waals surface area contributed by atoms with E-state index in [4.69, 9.17) is 11.6 Å². The number of halogens is 1. The van der Waals surface area contributed by atoms with Gasteiger partial charge in [0.25, 0.3) is 0 Å². The van der Waals surface area contributed by atoms with Crippen LogP contribution >= 0.6 is 11.6 Å². The van der Waals surface area contributed by atoms with Gasteiger partial charge in [0.05, 0.1) is 0 Å². The molecule has 1 nitrogen and oxygen atoms in total. The van der Waals surface area contributed by atoms with Gasteiger partial charge in [0, 0.05) is 11.6 Å². The van der Waals surface area contributed by atoms with Crippen molar-refractivity contribution in [1.82, 2.24) is 4.98 Å². The van der Waals surface area contributed by atoms with E-state index in [2.05, 4.69) is 23.2 Å². The van der Waals surface area contributed by atoms with Crippen molar-refractivity contribution in [3.63, 3.8) is 0 Å². The van der Waals surface area contributed by atoms with Gasteiger partial charge in [0.1, 0.15) is 5.15 Å². The molecular formula is C12H10ClN. The number of rotatable bonds is 1. The molecule has 0 saturated heterocycles. The molecule has 70 valence electrons. The van der Waals surface area contributed by atoms with Crippen molar-refractivity contribution in [2.24, 2.45) is 0 Å². The monoisotopic (exact) mass is 203 g/mol. The van der Waals surface area contributed by atoms with Crippen molar-refractivity contribution in [2.45, 2.75) is 18.8 Å². The maximum Gasteiger partial charge on any atom is 0.136 e. The van der Waals surface area contributed by atoms with E-state index < -0.39 is 0 Å². The van der Waals surface area contributed by atoms with E-state index in [1.54, 1.807) is 6.20 Å². The molecule has 1 fully saturated rings. The SMILES string of the molecule is Clc1nccc2ccc(C3CC3)cc12. The zero-order valence-electron chi connectivity index (χ0n) is 7.70. The van der Waals surface area contributed by atoms with Gasteiger partial charge in [-0.2, -0.15) is 0 Å². The first-order chi connectivity index (χ1) is 6.84. The van der Waals surface area contributed by atoms with Gasteiger partial charge in [-0.05, 0) is 41.8 Å². The molecule has 0 N–H and O–H groups in total. The van der Waals surface area contributed by atoms with Gasteiger partial charge in [-0.15, -0.1) is 0 Å². The lowest BCUT2D eigenvalue weighted by Crippen LogP contribution is -1.82. The van der Waals surface area contributed by atoms with Crippen LogP contribution < -0.4 is 0 Å². The lowest BCUT2D eigenvalue weighted by molar-refractivity contribution is 1.14. The highest BCUT2D eigenvalue weighted by Crippen LogP contribution is 2.41. The second-order valence-corrected chi connectivity index (χ2v) is 4.21. The summed E-state index contributed by atoms with van der Waals surface area (Å²) in [5.74, 6) is 0.774. The molecule has 0 aliphatic heterocycles. The summed E-state index contributed by atoms with van der Waals surface area (Å²) in [7, 11) is 0. The van der Waals surface area contributed by atoms with Crippen LogP contribution in [0, 0.1) is 0 Å². The van der Waals surface area contributed by atoms with Crippen molar-refractivity contribution in [1.29, 1.82) is 0 Å². The Hall–Kier alpha value is -1.08. The first-order valence-electron chi connectivity index (χ1n) is 4.89. The zero-order valence-corrected chi connectivity index (χ0v) is 8.46. The van der Waals surface area contributed by atoms with E-state index in [9.17, 15) is 0 Å². The summed E-state index contributed by atoms with van der Waals surface area (Å²) >= 11 is 6.04. The van der Waals surface area contributed by atoms with Crippen LogP contribution in [0.1, 0.15) is 24.3 Å². The molecule has 0 spiro atoms. The molecule has 0 radical (unpaired) electrons. The molecule has 3 rings (SSSR count). The fraction of sp³-hybridized carbons (Fsp3) is 0.250. The lowest BCUT2D eigenvalue weighted by atomic mass is 10.1. The number of hydrogen-bond acceptors (Lipinski definition) is 1. The van der Waals surface area contributed by atoms with Crippen LogP contribution in [-0.4, -0.2) is 4.98 Å². The predicted molar refractivity (Wildman–Crippen MR) is 58.7 cm³/mol. The molecule has 0 unspecified atom stereocenters. The van der Waals surface area contributed by atoms with Gasteiger partial charge in [0.2, 0.25) is 0 Å². The third kappa shape index (κ3) is 1.28. The summed E-state index contributed by atoms with van der Waals surface area (Å²) in [6.07, 6.45) is 4.40. The minimum Gasteiger partial charge on any atom is -0.244 e. The summed E-state index contributed by atoms with van der Waals surface area (Å²) in [5, 5.41) is 2.87. The van der Waals surface area contributed by atoms with Crippen LogP contribution in [0.4, 0.5) is 0 Å². The fourth-order valence-corrected chi connectivity index (χ4v) is 2.04. The highest BCUT2D eigenvalue weighted by molar-refractivity contribution is 6.34. The second-order valence-electron chi connectivity index (χ2n) is 3.86. The van der Waals surface area contributed by atoms with E-state index in [0.29, 0.717) is 5.15 Å². The Labute approximate surface area is 87.7 Å². The molecule has 0 atom stereocenters. The van der Waals surface area contributed by atoms with Gasteiger partial charge in [-0.1, -0.05) is 23.7 Å². The third-order valence-corrected chi connectivity index (χ3v) is 3.09. The van der Waals surface area contributed by atoms with Crippen molar-refractivity contribution in [3.05, 3.63) is 41.2 Å². The first kappa shape index (κ1) is 8.25. The van der Waals surface area contributed by atoms with Gasteiger partial charge in [0.15, 0.2) is 0 Å². The van der Waals surface area contributed by atoms with Crippen molar-refractivity contribution >= 4 is 22.4 Å². The number of nitrogens with zero attached hydrogens (tertiary/aromatic N) is 1. The van der Waals surface area contributed by atoms with E-state index in [1.165, 1.54) is 23.8 Å². The third-order valence-electron chi connectivity index (χ3n) is 2.79. The van der Waals surface area contributed by atoms with Crippen molar-refractivity contribution in [3.8, 4) is 0 Å². The summed E-state index contributed by atoms with van der Waals surface area (Å²) in [4.78, 5) is 4.09. The quantitative estimate of drug-likeness (QED) is 0.643. The molecule has 2 aromatic rings. The minimum atomic E-state index is 0.616. The average molecular weight is 204 g/mol. The summed E-state index contributed by atoms with van der Waals surface area (Å²) in [6.45, 7) is 0. The van der Waals surface area contributed by atoms with Crippen molar-refractivity contribution in [2.75, 3.05) is 0 Å². The Morgan fingerprint density at radius 1 is 1.21 bits per heavy atom. The van der Waals surface area contributed by atoms with Gasteiger partial charge >= 0.3 is 0 Å². The average Bonchev–Trinajstić information content (AvgIpc) is 3.01. The highest BCUT2D eigenvalue weighted by Gasteiger charge is 2.23. The smallest absolute Gasteiger partial charge is 0.136 e. The first-order valence-corrected chi connectivity index (χ1v) is 5.26. The Kier molecular flexibility index (Phi) is 1.74. The van der Waals surface area contributed by atoms with E-state index in [1.807, 2.05) is 6.07 Å². The van der Waals surface area contributed by atoms with Gasteiger partial charge in [-0.25, -0.2) is 4.98 Å². The summed E-state index contributed by atoms with van der Waals surface area (Å²) in [5.41, 5.74) is 1.41. The molecule has 1 aromatic carbocycles.